The van der Waals surface area contributed by atoms with Crippen molar-refractivity contribution < 1.29 is 9.53 Å². The lowest BCUT2D eigenvalue weighted by Crippen LogP contribution is -2.31. The van der Waals surface area contributed by atoms with E-state index in [0.29, 0.717) is 6.42 Å². The van der Waals surface area contributed by atoms with Gasteiger partial charge in [-0.1, -0.05) is 25.1 Å². The monoisotopic (exact) mass is 460 g/mol. The van der Waals surface area contributed by atoms with Gasteiger partial charge in [0.25, 0.3) is 0 Å². The standard InChI is InChI=1S/C21H21IN2O2/c1-3-19(25)24-21(14-5-4-6-15(22)11-14)17-10-8-13-7-9-16(26-2)12-18(13)20(17)23-24/h4-7,9,11-12,17,21H,3,8,10H2,1-2H3/t17-,21-/m0/s1. The highest BCUT2D eigenvalue weighted by molar-refractivity contribution is 14.1. The molecule has 0 saturated carbocycles. The summed E-state index contributed by atoms with van der Waals surface area (Å²) < 4.78 is 6.59. The number of amides is 1. The minimum Gasteiger partial charge on any atom is -0.497 e. The van der Waals surface area contributed by atoms with Crippen LogP contribution in [0, 0.1) is 9.49 Å². The van der Waals surface area contributed by atoms with Gasteiger partial charge < -0.3 is 4.74 Å². The van der Waals surface area contributed by atoms with E-state index in [4.69, 9.17) is 9.84 Å². The van der Waals surface area contributed by atoms with Gasteiger partial charge in [0.05, 0.1) is 18.9 Å². The molecule has 0 saturated heterocycles. The molecule has 1 aliphatic carbocycles. The number of methoxy groups -OCH3 is 1. The van der Waals surface area contributed by atoms with Gasteiger partial charge in [-0.05, 0) is 70.8 Å². The van der Waals surface area contributed by atoms with Crippen molar-refractivity contribution in [1.82, 2.24) is 5.01 Å². The number of aryl methyl sites for hydroxylation is 1. The molecule has 0 bridgehead atoms. The molecule has 5 heteroatoms. The summed E-state index contributed by atoms with van der Waals surface area (Å²) in [6.07, 6.45) is 2.45. The Morgan fingerprint density at radius 3 is 2.88 bits per heavy atom. The van der Waals surface area contributed by atoms with E-state index in [0.717, 1.165) is 35.4 Å². The van der Waals surface area contributed by atoms with Crippen molar-refractivity contribution in [3.63, 3.8) is 0 Å². The third-order valence-electron chi connectivity index (χ3n) is 5.28. The van der Waals surface area contributed by atoms with Crippen LogP contribution in [0.3, 0.4) is 0 Å². The minimum absolute atomic E-state index is 0.0217. The number of carbonyl (C=O) groups excluding carboxylic acids is 1. The molecule has 0 fully saturated rings. The van der Waals surface area contributed by atoms with Gasteiger partial charge >= 0.3 is 0 Å². The van der Waals surface area contributed by atoms with Crippen LogP contribution in [0.4, 0.5) is 0 Å². The Morgan fingerprint density at radius 1 is 1.31 bits per heavy atom. The number of halogens is 1. The minimum atomic E-state index is -0.0217. The zero-order valence-electron chi connectivity index (χ0n) is 14.9. The molecule has 2 aliphatic rings. The molecule has 0 N–H and O–H groups in total. The fourth-order valence-electron chi connectivity index (χ4n) is 4.01. The van der Waals surface area contributed by atoms with E-state index in [1.807, 2.05) is 13.0 Å². The van der Waals surface area contributed by atoms with Crippen LogP contribution in [0.1, 0.15) is 42.5 Å². The summed E-state index contributed by atoms with van der Waals surface area (Å²) in [4.78, 5) is 12.7. The average Bonchev–Trinajstić information content (AvgIpc) is 3.07. The number of hydrazone groups is 1. The molecule has 2 aromatic rings. The normalized spacial score (nSPS) is 21.0. The van der Waals surface area contributed by atoms with Gasteiger partial charge in [-0.15, -0.1) is 0 Å². The molecule has 4 rings (SSSR count). The van der Waals surface area contributed by atoms with Gasteiger partial charge in [0.2, 0.25) is 5.91 Å². The number of ether oxygens (including phenoxy) is 1. The summed E-state index contributed by atoms with van der Waals surface area (Å²) >= 11 is 2.33. The highest BCUT2D eigenvalue weighted by Gasteiger charge is 2.43. The first-order chi connectivity index (χ1) is 12.6. The second-order valence-electron chi connectivity index (χ2n) is 6.75. The summed E-state index contributed by atoms with van der Waals surface area (Å²) in [7, 11) is 1.68. The molecule has 0 radical (unpaired) electrons. The first kappa shape index (κ1) is 17.5. The quantitative estimate of drug-likeness (QED) is 0.631. The van der Waals surface area contributed by atoms with Gasteiger partial charge in [0.1, 0.15) is 5.75 Å². The summed E-state index contributed by atoms with van der Waals surface area (Å²) in [6.45, 7) is 1.90. The summed E-state index contributed by atoms with van der Waals surface area (Å²) in [5.41, 5.74) is 4.60. The molecule has 1 amide bonds. The Hall–Kier alpha value is -1.89. The van der Waals surface area contributed by atoms with E-state index < -0.39 is 0 Å². The van der Waals surface area contributed by atoms with E-state index in [2.05, 4.69) is 59.0 Å². The summed E-state index contributed by atoms with van der Waals surface area (Å²) in [5.74, 6) is 1.13. The average molecular weight is 460 g/mol. The van der Waals surface area contributed by atoms with Crippen LogP contribution in [0.15, 0.2) is 47.6 Å². The number of hydrogen-bond donors (Lipinski definition) is 0. The topological polar surface area (TPSA) is 41.9 Å². The maximum absolute atomic E-state index is 12.7. The predicted molar refractivity (Wildman–Crippen MR) is 110 cm³/mol. The van der Waals surface area contributed by atoms with Crippen LogP contribution in [-0.4, -0.2) is 23.7 Å². The number of fused-ring (bicyclic) bond motifs is 3. The fourth-order valence-corrected chi connectivity index (χ4v) is 4.57. The Kier molecular flexibility index (Phi) is 4.73. The lowest BCUT2D eigenvalue weighted by molar-refractivity contribution is -0.133. The zero-order chi connectivity index (χ0) is 18.3. The SMILES string of the molecule is CCC(=O)N1N=C2c3cc(OC)ccc3CC[C@@H]2[C@@H]1c1cccc(I)c1. The number of benzene rings is 2. The molecule has 2 aromatic carbocycles. The van der Waals surface area contributed by atoms with Crippen LogP contribution in [-0.2, 0) is 11.2 Å². The second kappa shape index (κ2) is 7.02. The first-order valence-corrected chi connectivity index (χ1v) is 10.0. The highest BCUT2D eigenvalue weighted by atomic mass is 127. The Balaban J connectivity index is 1.82. The zero-order valence-corrected chi connectivity index (χ0v) is 17.1. The number of nitrogens with zero attached hydrogens (tertiary/aromatic N) is 2. The van der Waals surface area contributed by atoms with Crippen LogP contribution >= 0.6 is 22.6 Å². The maximum atomic E-state index is 12.7. The van der Waals surface area contributed by atoms with Crippen molar-refractivity contribution in [2.45, 2.75) is 32.2 Å². The van der Waals surface area contributed by atoms with Gasteiger partial charge in [-0.3, -0.25) is 4.79 Å². The fraction of sp³-hybridized carbons (Fsp3) is 0.333. The van der Waals surface area contributed by atoms with Crippen molar-refractivity contribution in [3.8, 4) is 5.75 Å². The molecule has 26 heavy (non-hydrogen) atoms. The molecular weight excluding hydrogens is 439 g/mol. The molecule has 0 aromatic heterocycles. The largest absolute Gasteiger partial charge is 0.497 e. The third kappa shape index (κ3) is 2.92. The Labute approximate surface area is 167 Å². The highest BCUT2D eigenvalue weighted by Crippen LogP contribution is 2.44. The van der Waals surface area contributed by atoms with Gasteiger partial charge in [-0.25, -0.2) is 5.01 Å². The first-order valence-electron chi connectivity index (χ1n) is 8.95. The van der Waals surface area contributed by atoms with E-state index in [-0.39, 0.29) is 17.9 Å². The van der Waals surface area contributed by atoms with Crippen LogP contribution < -0.4 is 4.74 Å². The van der Waals surface area contributed by atoms with Gasteiger partial charge in [0.15, 0.2) is 0 Å². The maximum Gasteiger partial charge on any atom is 0.242 e. The molecule has 4 nitrogen and oxygen atoms in total. The molecule has 0 unspecified atom stereocenters. The molecule has 1 aliphatic heterocycles. The van der Waals surface area contributed by atoms with Crippen LogP contribution in [0.25, 0.3) is 0 Å². The lowest BCUT2D eigenvalue weighted by atomic mass is 9.77. The lowest BCUT2D eigenvalue weighted by Gasteiger charge is -2.29. The Bertz CT molecular complexity index is 893. The van der Waals surface area contributed by atoms with E-state index >= 15 is 0 Å². The molecular formula is C21H21IN2O2. The summed E-state index contributed by atoms with van der Waals surface area (Å²) in [5, 5.41) is 6.55. The van der Waals surface area contributed by atoms with Crippen molar-refractivity contribution in [2.75, 3.05) is 7.11 Å². The second-order valence-corrected chi connectivity index (χ2v) is 7.99. The third-order valence-corrected chi connectivity index (χ3v) is 5.95. The van der Waals surface area contributed by atoms with Gasteiger partial charge in [-0.2, -0.15) is 5.10 Å². The van der Waals surface area contributed by atoms with E-state index in [1.165, 1.54) is 9.13 Å². The number of rotatable bonds is 3. The number of hydrogen-bond acceptors (Lipinski definition) is 3. The molecule has 134 valence electrons. The molecule has 1 heterocycles. The van der Waals surface area contributed by atoms with Crippen molar-refractivity contribution in [2.24, 2.45) is 11.0 Å². The number of carbonyl (C=O) groups is 1. The van der Waals surface area contributed by atoms with Crippen molar-refractivity contribution in [1.29, 1.82) is 0 Å². The Morgan fingerprint density at radius 2 is 2.15 bits per heavy atom. The van der Waals surface area contributed by atoms with Crippen LogP contribution in [0.2, 0.25) is 0 Å². The predicted octanol–water partition coefficient (Wildman–Crippen LogP) is 4.56. The smallest absolute Gasteiger partial charge is 0.242 e. The van der Waals surface area contributed by atoms with Crippen molar-refractivity contribution >= 4 is 34.2 Å². The van der Waals surface area contributed by atoms with Crippen molar-refractivity contribution in [3.05, 3.63) is 62.7 Å². The van der Waals surface area contributed by atoms with Crippen LogP contribution in [0.5, 0.6) is 5.75 Å². The van der Waals surface area contributed by atoms with E-state index in [1.54, 1.807) is 12.1 Å². The van der Waals surface area contributed by atoms with Gasteiger partial charge in [0, 0.05) is 21.5 Å². The molecule has 0 spiro atoms. The molecule has 2 atom stereocenters. The summed E-state index contributed by atoms with van der Waals surface area (Å²) in [6, 6.07) is 14.6. The van der Waals surface area contributed by atoms with E-state index in [9.17, 15) is 4.79 Å².